The van der Waals surface area contributed by atoms with Gasteiger partial charge in [-0.15, -0.1) is 11.3 Å². The predicted octanol–water partition coefficient (Wildman–Crippen LogP) is 5.88. The van der Waals surface area contributed by atoms with Gasteiger partial charge in [0.1, 0.15) is 29.9 Å². The predicted molar refractivity (Wildman–Crippen MR) is 292 cm³/mol. The minimum atomic E-state index is -1.03. The van der Waals surface area contributed by atoms with Gasteiger partial charge in [0.15, 0.2) is 0 Å². The van der Waals surface area contributed by atoms with E-state index in [2.05, 4.69) is 45.7 Å². The number of likely N-dealkylation sites (tertiary alicyclic amines) is 1. The number of aryl methyl sites for hydroxylation is 1. The van der Waals surface area contributed by atoms with E-state index in [4.69, 9.17) is 17.3 Å². The monoisotopic (exact) mass is 1060 g/mol. The third kappa shape index (κ3) is 14.1. The van der Waals surface area contributed by atoms with Gasteiger partial charge >= 0.3 is 0 Å². The Labute approximate surface area is 448 Å². The van der Waals surface area contributed by atoms with Crippen LogP contribution in [0.3, 0.4) is 0 Å². The van der Waals surface area contributed by atoms with Crippen LogP contribution in [0.2, 0.25) is 5.02 Å². The van der Waals surface area contributed by atoms with Crippen molar-refractivity contribution in [1.29, 1.82) is 0 Å². The number of hydrogen-bond acceptors (Lipinski definition) is 13. The highest BCUT2D eigenvalue weighted by Gasteiger charge is 2.45. The molecule has 5 amide bonds. The number of unbranched alkanes of at least 4 members (excludes halogenated alkanes) is 3. The van der Waals surface area contributed by atoms with Crippen LogP contribution in [0.15, 0.2) is 72.6 Å². The molecule has 0 spiro atoms. The molecule has 6 heterocycles. The molecule has 3 saturated heterocycles. The van der Waals surface area contributed by atoms with E-state index in [1.807, 2.05) is 98.9 Å². The first-order chi connectivity index (χ1) is 36.0. The molecular formula is C55H73ClN12O6S. The van der Waals surface area contributed by atoms with Crippen LogP contribution in [0.25, 0.3) is 21.5 Å². The Morgan fingerprint density at radius 2 is 1.60 bits per heavy atom. The summed E-state index contributed by atoms with van der Waals surface area (Å²) in [6.07, 6.45) is 7.77. The normalized spacial score (nSPS) is 18.9. The number of aliphatic hydroxyl groups excluding tert-OH is 1. The van der Waals surface area contributed by atoms with Crippen molar-refractivity contribution in [1.82, 2.24) is 50.6 Å². The second-order valence-corrected chi connectivity index (χ2v) is 22.8. The topological polar surface area (TPSA) is 235 Å². The van der Waals surface area contributed by atoms with E-state index in [1.54, 1.807) is 17.7 Å². The standard InChI is InChI=1S/C55H73ClN12O6S/c1-36-47(75-35-62-36)39-13-11-37(12-14-39)32-59-51(72)44-31-41(69)33-68(44)52(73)48(54(2,3)4)64-45(70)9-7-5-6-8-10-46(71)66-29-27-65(28-30-66)24-20-43(38-15-17-40(56)18-16-38)63-53(74)55(57)21-25-67(26-22-55)50-42-19-23-58-49(42)60-34-61-50/h11-19,23,34-35,41,43-44,48,69H,5-10,20-22,24-33,57H2,1-4H3,(H,59,72)(H,63,74)(H,64,70)(H,58,60,61)/t41-,43+,44+,48?/m1/s1. The van der Waals surface area contributed by atoms with Crippen molar-refractivity contribution in [2.75, 3.05) is 57.3 Å². The number of carbonyl (C=O) groups excluding carboxylic acids is 5. The van der Waals surface area contributed by atoms with E-state index in [-0.39, 0.29) is 55.6 Å². The van der Waals surface area contributed by atoms with Crippen LogP contribution < -0.4 is 26.6 Å². The molecule has 0 radical (unpaired) electrons. The molecule has 402 valence electrons. The quantitative estimate of drug-likeness (QED) is 0.0502. The van der Waals surface area contributed by atoms with E-state index >= 15 is 0 Å². The first-order valence-electron chi connectivity index (χ1n) is 26.4. The zero-order valence-corrected chi connectivity index (χ0v) is 45.2. The first-order valence-corrected chi connectivity index (χ1v) is 27.6. The lowest BCUT2D eigenvalue weighted by molar-refractivity contribution is -0.144. The average molecular weight is 1070 g/mol. The second kappa shape index (κ2) is 24.8. The minimum Gasteiger partial charge on any atom is -0.391 e. The molecule has 2 aromatic carbocycles. The second-order valence-electron chi connectivity index (χ2n) is 21.5. The smallest absolute Gasteiger partial charge is 0.246 e. The summed E-state index contributed by atoms with van der Waals surface area (Å²) in [6.45, 7) is 12.5. The van der Waals surface area contributed by atoms with Crippen molar-refractivity contribution in [3.63, 3.8) is 0 Å². The van der Waals surface area contributed by atoms with Crippen LogP contribution in [0.1, 0.15) is 108 Å². The SMILES string of the molecule is Cc1ncsc1-c1ccc(CNC(=O)[C@@H]2C[C@@H](O)CN2C(=O)C(NC(=O)CCCCCCC(=O)N2CCN(CC[C@H](NC(=O)C3(N)CCN(c4ncnc5[nH]ccc45)CC3)c3ccc(Cl)cc3)CC2)C(C)(C)C)cc1. The Morgan fingerprint density at radius 3 is 2.28 bits per heavy atom. The maximum atomic E-state index is 14.1. The number of rotatable bonds is 20. The largest absolute Gasteiger partial charge is 0.391 e. The molecular weight excluding hydrogens is 992 g/mol. The van der Waals surface area contributed by atoms with Crippen LogP contribution in [-0.4, -0.2) is 145 Å². The maximum Gasteiger partial charge on any atom is 0.246 e. The molecule has 75 heavy (non-hydrogen) atoms. The summed E-state index contributed by atoms with van der Waals surface area (Å²) in [7, 11) is 0. The van der Waals surface area contributed by atoms with E-state index < -0.39 is 35.0 Å². The highest BCUT2D eigenvalue weighted by Crippen LogP contribution is 2.31. The number of nitrogens with two attached hydrogens (primary N) is 1. The number of β-amino-alcohol motifs (C(OH)–C–C–N with tert-alkyl or cyclic N) is 1. The number of piperazine rings is 1. The molecule has 5 aromatic rings. The van der Waals surface area contributed by atoms with Crippen molar-refractivity contribution in [2.45, 2.75) is 128 Å². The van der Waals surface area contributed by atoms with Gasteiger partial charge < -0.3 is 46.5 Å². The fourth-order valence-corrected chi connectivity index (χ4v) is 11.3. The van der Waals surface area contributed by atoms with Crippen molar-refractivity contribution in [3.8, 4) is 10.4 Å². The van der Waals surface area contributed by atoms with Crippen molar-refractivity contribution in [2.24, 2.45) is 11.1 Å². The Morgan fingerprint density at radius 1 is 0.893 bits per heavy atom. The van der Waals surface area contributed by atoms with Crippen molar-refractivity contribution in [3.05, 3.63) is 94.5 Å². The number of nitrogens with one attached hydrogen (secondary N) is 4. The van der Waals surface area contributed by atoms with E-state index in [9.17, 15) is 29.1 Å². The van der Waals surface area contributed by atoms with Gasteiger partial charge in [-0.2, -0.15) is 0 Å². The molecule has 20 heteroatoms. The third-order valence-electron chi connectivity index (χ3n) is 15.0. The summed E-state index contributed by atoms with van der Waals surface area (Å²) in [5.74, 6) is -0.221. The van der Waals surface area contributed by atoms with Gasteiger partial charge in [0.25, 0.3) is 0 Å². The van der Waals surface area contributed by atoms with Gasteiger partial charge in [-0.25, -0.2) is 15.0 Å². The van der Waals surface area contributed by atoms with Gasteiger partial charge in [-0.1, -0.05) is 81.6 Å². The first kappa shape index (κ1) is 55.2. The van der Waals surface area contributed by atoms with E-state index in [0.29, 0.717) is 69.7 Å². The summed E-state index contributed by atoms with van der Waals surface area (Å²) in [5, 5.41) is 21.4. The molecule has 0 saturated carbocycles. The fourth-order valence-electron chi connectivity index (χ4n) is 10.4. The van der Waals surface area contributed by atoms with Gasteiger partial charge in [-0.3, -0.25) is 28.9 Å². The van der Waals surface area contributed by atoms with Gasteiger partial charge in [0.2, 0.25) is 29.5 Å². The summed E-state index contributed by atoms with van der Waals surface area (Å²) >= 11 is 7.83. The number of fused-ring (bicyclic) bond motifs is 1. The molecule has 3 aliphatic heterocycles. The van der Waals surface area contributed by atoms with Crippen LogP contribution in [0.5, 0.6) is 0 Å². The molecule has 3 fully saturated rings. The Hall–Kier alpha value is -5.99. The Bertz CT molecular complexity index is 2750. The summed E-state index contributed by atoms with van der Waals surface area (Å²) in [4.78, 5) is 93.4. The number of halogens is 1. The number of piperidine rings is 1. The number of nitrogens with zero attached hydrogens (tertiary/aromatic N) is 7. The van der Waals surface area contributed by atoms with E-state index in [1.165, 1.54) is 4.90 Å². The molecule has 7 N–H and O–H groups in total. The molecule has 3 aliphatic rings. The number of benzene rings is 2. The zero-order valence-electron chi connectivity index (χ0n) is 43.7. The number of aromatic nitrogens is 4. The fraction of sp³-hybridized carbons (Fsp3) is 0.527. The molecule has 18 nitrogen and oxygen atoms in total. The number of carbonyl (C=O) groups is 5. The molecule has 1 unspecified atom stereocenters. The number of thiazole rings is 1. The maximum absolute atomic E-state index is 14.1. The molecule has 4 atom stereocenters. The van der Waals surface area contributed by atoms with Crippen LogP contribution in [0.4, 0.5) is 5.82 Å². The van der Waals surface area contributed by atoms with Crippen LogP contribution >= 0.6 is 22.9 Å². The van der Waals surface area contributed by atoms with Crippen molar-refractivity contribution < 1.29 is 29.1 Å². The molecule has 3 aromatic heterocycles. The zero-order chi connectivity index (χ0) is 53.3. The molecule has 8 rings (SSSR count). The van der Waals surface area contributed by atoms with Crippen LogP contribution in [-0.2, 0) is 30.5 Å². The highest BCUT2D eigenvalue weighted by atomic mass is 35.5. The lowest BCUT2D eigenvalue weighted by Crippen LogP contribution is -2.60. The third-order valence-corrected chi connectivity index (χ3v) is 16.3. The lowest BCUT2D eigenvalue weighted by atomic mass is 9.85. The molecule has 0 bridgehead atoms. The summed E-state index contributed by atoms with van der Waals surface area (Å²) < 4.78 is 0. The average Bonchev–Trinajstić information content (AvgIpc) is 4.17. The number of hydrogen-bond donors (Lipinski definition) is 6. The lowest BCUT2D eigenvalue weighted by Gasteiger charge is -2.39. The van der Waals surface area contributed by atoms with Crippen LogP contribution in [0, 0.1) is 12.3 Å². The Kier molecular flexibility index (Phi) is 18.3. The van der Waals surface area contributed by atoms with E-state index in [0.717, 1.165) is 76.6 Å². The number of aliphatic hydroxyl groups is 1. The Balaban J connectivity index is 0.728. The van der Waals surface area contributed by atoms with Gasteiger partial charge in [0, 0.05) is 89.4 Å². The van der Waals surface area contributed by atoms with Gasteiger partial charge in [0.05, 0.1) is 39.2 Å². The molecule has 0 aliphatic carbocycles. The number of anilines is 1. The minimum absolute atomic E-state index is 0.00529. The van der Waals surface area contributed by atoms with Crippen molar-refractivity contribution >= 4 is 69.3 Å². The number of H-pyrrole nitrogens is 1. The van der Waals surface area contributed by atoms with Gasteiger partial charge in [-0.05, 0) is 79.3 Å². The summed E-state index contributed by atoms with van der Waals surface area (Å²) in [6, 6.07) is 15.4. The number of amides is 5. The summed E-state index contributed by atoms with van der Waals surface area (Å²) in [5.41, 5.74) is 11.6. The number of aromatic amines is 1. The highest BCUT2D eigenvalue weighted by molar-refractivity contribution is 7.13.